The molecule has 0 fully saturated rings. The molecule has 92 valence electrons. The lowest BCUT2D eigenvalue weighted by Gasteiger charge is -2.18. The Balaban J connectivity index is 2.16. The van der Waals surface area contributed by atoms with Gasteiger partial charge in [0.05, 0.1) is 13.2 Å². The second kappa shape index (κ2) is 4.83. The minimum atomic E-state index is -0.191. The Morgan fingerprint density at radius 1 is 1.47 bits per heavy atom. The van der Waals surface area contributed by atoms with E-state index in [2.05, 4.69) is 20.6 Å². The first-order valence-corrected chi connectivity index (χ1v) is 5.21. The van der Waals surface area contributed by atoms with Gasteiger partial charge in [0.15, 0.2) is 11.6 Å². The molecule has 0 saturated heterocycles. The Morgan fingerprint density at radius 2 is 2.29 bits per heavy atom. The Bertz CT molecular complexity index is 437. The third-order valence-corrected chi connectivity index (χ3v) is 2.02. The van der Waals surface area contributed by atoms with Gasteiger partial charge in [-0.3, -0.25) is 9.68 Å². The van der Waals surface area contributed by atoms with Crippen LogP contribution in [0.3, 0.4) is 0 Å². The summed E-state index contributed by atoms with van der Waals surface area (Å²) in [6.07, 6.45) is 0.814. The predicted octanol–water partition coefficient (Wildman–Crippen LogP) is 0.143. The predicted molar refractivity (Wildman–Crippen MR) is 60.4 cm³/mol. The van der Waals surface area contributed by atoms with E-state index in [0.29, 0.717) is 18.1 Å². The fourth-order valence-electron chi connectivity index (χ4n) is 1.27. The number of nitrogen functional groups attached to an aromatic ring is 1. The van der Waals surface area contributed by atoms with Crippen LogP contribution in [0.1, 0.15) is 13.3 Å². The molecule has 1 amide bonds. The topological polar surface area (TPSA) is 111 Å². The van der Waals surface area contributed by atoms with Gasteiger partial charge in [-0.05, 0) is 6.42 Å². The molecule has 0 spiro atoms. The third-order valence-electron chi connectivity index (χ3n) is 2.02. The van der Waals surface area contributed by atoms with Gasteiger partial charge >= 0.3 is 6.01 Å². The van der Waals surface area contributed by atoms with E-state index in [9.17, 15) is 4.79 Å². The molecule has 4 N–H and O–H groups in total. The van der Waals surface area contributed by atoms with Crippen LogP contribution in [0.4, 0.5) is 17.3 Å². The van der Waals surface area contributed by atoms with E-state index >= 15 is 0 Å². The fourth-order valence-corrected chi connectivity index (χ4v) is 1.27. The van der Waals surface area contributed by atoms with Gasteiger partial charge in [-0.15, -0.1) is 0 Å². The lowest BCUT2D eigenvalue weighted by atomic mass is 10.3. The number of rotatable bonds is 4. The molecule has 0 unspecified atom stereocenters. The molecule has 0 aromatic carbocycles. The number of carbonyl (C=O) groups excluding carboxylic acids is 1. The van der Waals surface area contributed by atoms with E-state index in [1.54, 1.807) is 0 Å². The van der Waals surface area contributed by atoms with Crippen LogP contribution in [-0.2, 0) is 9.68 Å². The molecule has 2 heterocycles. The van der Waals surface area contributed by atoms with Gasteiger partial charge in [0.1, 0.15) is 5.69 Å². The van der Waals surface area contributed by atoms with Crippen molar-refractivity contribution in [2.45, 2.75) is 13.3 Å². The zero-order valence-electron chi connectivity index (χ0n) is 9.32. The Kier molecular flexibility index (Phi) is 3.24. The van der Waals surface area contributed by atoms with Crippen molar-refractivity contribution in [3.63, 3.8) is 0 Å². The molecule has 17 heavy (non-hydrogen) atoms. The summed E-state index contributed by atoms with van der Waals surface area (Å²) in [5.41, 5.74) is 6.03. The Labute approximate surface area is 97.4 Å². The minimum absolute atomic E-state index is 0.0124. The number of anilines is 3. The highest BCUT2D eigenvalue weighted by Gasteiger charge is 2.20. The van der Waals surface area contributed by atoms with E-state index in [-0.39, 0.29) is 24.3 Å². The maximum atomic E-state index is 11.1. The third kappa shape index (κ3) is 2.53. The highest BCUT2D eigenvalue weighted by Crippen LogP contribution is 2.29. The van der Waals surface area contributed by atoms with Crippen molar-refractivity contribution in [3.8, 4) is 6.01 Å². The average molecular weight is 239 g/mol. The SMILES string of the molecule is CCCOOc1nc(N)c2c(n1)NCC(=O)N2. The van der Waals surface area contributed by atoms with Gasteiger partial charge in [-0.25, -0.2) is 0 Å². The number of amides is 1. The number of hydrogen-bond acceptors (Lipinski definition) is 7. The maximum absolute atomic E-state index is 11.1. The van der Waals surface area contributed by atoms with Crippen molar-refractivity contribution in [1.29, 1.82) is 0 Å². The van der Waals surface area contributed by atoms with Crippen LogP contribution >= 0.6 is 0 Å². The molecule has 8 heteroatoms. The first-order chi connectivity index (χ1) is 8.20. The lowest BCUT2D eigenvalue weighted by Crippen LogP contribution is -2.29. The van der Waals surface area contributed by atoms with Gasteiger partial charge in [-0.2, -0.15) is 14.9 Å². The normalized spacial score (nSPS) is 13.6. The summed E-state index contributed by atoms with van der Waals surface area (Å²) >= 11 is 0. The molecular weight excluding hydrogens is 226 g/mol. The van der Waals surface area contributed by atoms with Crippen LogP contribution in [0.15, 0.2) is 0 Å². The number of hydrogen-bond donors (Lipinski definition) is 3. The second-order valence-electron chi connectivity index (χ2n) is 3.42. The van der Waals surface area contributed by atoms with Gasteiger partial charge in [0, 0.05) is 0 Å². The van der Waals surface area contributed by atoms with Crippen LogP contribution in [0.2, 0.25) is 0 Å². The number of nitrogens with zero attached hydrogens (tertiary/aromatic N) is 2. The molecule has 0 atom stereocenters. The van der Waals surface area contributed by atoms with Crippen molar-refractivity contribution in [3.05, 3.63) is 0 Å². The van der Waals surface area contributed by atoms with Crippen molar-refractivity contribution in [2.75, 3.05) is 29.5 Å². The molecule has 0 bridgehead atoms. The zero-order chi connectivity index (χ0) is 12.3. The Morgan fingerprint density at radius 3 is 3.06 bits per heavy atom. The quantitative estimate of drug-likeness (QED) is 0.389. The lowest BCUT2D eigenvalue weighted by molar-refractivity contribution is -0.212. The van der Waals surface area contributed by atoms with Gasteiger partial charge in [-0.1, -0.05) is 6.92 Å². The maximum Gasteiger partial charge on any atom is 0.357 e. The molecule has 8 nitrogen and oxygen atoms in total. The first-order valence-electron chi connectivity index (χ1n) is 5.21. The van der Waals surface area contributed by atoms with Gasteiger partial charge in [0.25, 0.3) is 0 Å². The number of carbonyl (C=O) groups is 1. The summed E-state index contributed by atoms with van der Waals surface area (Å²) in [6.45, 7) is 2.52. The molecule has 0 aliphatic carbocycles. The van der Waals surface area contributed by atoms with Crippen LogP contribution in [-0.4, -0.2) is 29.0 Å². The van der Waals surface area contributed by atoms with Crippen LogP contribution in [0.5, 0.6) is 6.01 Å². The fraction of sp³-hybridized carbons (Fsp3) is 0.444. The first kappa shape index (κ1) is 11.4. The smallest absolute Gasteiger partial charge is 0.357 e. The Hall–Kier alpha value is -2.09. The summed E-state index contributed by atoms with van der Waals surface area (Å²) in [5, 5.41) is 5.38. The summed E-state index contributed by atoms with van der Waals surface area (Å²) in [5.74, 6) is 0.363. The average Bonchev–Trinajstić information content (AvgIpc) is 2.31. The van der Waals surface area contributed by atoms with Gasteiger partial charge < -0.3 is 16.4 Å². The van der Waals surface area contributed by atoms with Crippen LogP contribution < -0.4 is 21.3 Å². The highest BCUT2D eigenvalue weighted by atomic mass is 17.2. The van der Waals surface area contributed by atoms with Crippen molar-refractivity contribution < 1.29 is 14.6 Å². The number of fused-ring (bicyclic) bond motifs is 1. The number of nitrogens with one attached hydrogen (secondary N) is 2. The van der Waals surface area contributed by atoms with Gasteiger partial charge in [0.2, 0.25) is 5.91 Å². The molecular formula is C9H13N5O3. The van der Waals surface area contributed by atoms with E-state index in [1.165, 1.54) is 0 Å². The van der Waals surface area contributed by atoms with Crippen molar-refractivity contribution >= 4 is 23.2 Å². The van der Waals surface area contributed by atoms with Crippen LogP contribution in [0, 0.1) is 0 Å². The molecule has 0 radical (unpaired) electrons. The van der Waals surface area contributed by atoms with E-state index < -0.39 is 0 Å². The van der Waals surface area contributed by atoms with E-state index in [1.807, 2.05) is 6.92 Å². The number of nitrogens with two attached hydrogens (primary N) is 1. The highest BCUT2D eigenvalue weighted by molar-refractivity contribution is 6.02. The summed E-state index contributed by atoms with van der Waals surface area (Å²) < 4.78 is 0. The molecule has 1 aliphatic rings. The standard InChI is InChI=1S/C9H13N5O3/c1-2-3-16-17-9-13-7(10)6-8(14-9)11-4-5(15)12-6/h2-4H2,1H3,(H,12,15)(H3,10,11,13,14). The monoisotopic (exact) mass is 239 g/mol. The summed E-state index contributed by atoms with van der Waals surface area (Å²) in [6, 6.07) is 0.0124. The summed E-state index contributed by atoms with van der Waals surface area (Å²) in [4.78, 5) is 28.7. The van der Waals surface area contributed by atoms with Crippen molar-refractivity contribution in [2.24, 2.45) is 0 Å². The molecule has 1 aromatic rings. The van der Waals surface area contributed by atoms with E-state index in [4.69, 9.17) is 15.5 Å². The van der Waals surface area contributed by atoms with Crippen molar-refractivity contribution in [1.82, 2.24) is 9.97 Å². The zero-order valence-corrected chi connectivity index (χ0v) is 9.32. The minimum Gasteiger partial charge on any atom is -0.382 e. The molecule has 1 aromatic heterocycles. The van der Waals surface area contributed by atoms with E-state index in [0.717, 1.165) is 6.42 Å². The van der Waals surface area contributed by atoms with Crippen LogP contribution in [0.25, 0.3) is 0 Å². The number of aromatic nitrogens is 2. The largest absolute Gasteiger partial charge is 0.382 e. The molecule has 1 aliphatic heterocycles. The molecule has 2 rings (SSSR count). The second-order valence-corrected chi connectivity index (χ2v) is 3.42. The molecule has 0 saturated carbocycles. The summed E-state index contributed by atoms with van der Waals surface area (Å²) in [7, 11) is 0.